The van der Waals surface area contributed by atoms with Crippen molar-refractivity contribution in [3.05, 3.63) is 40.5 Å². The maximum Gasteiger partial charge on any atom is 0.268 e. The van der Waals surface area contributed by atoms with E-state index in [-0.39, 0.29) is 17.3 Å². The molecular formula is C22H22N4O5S. The number of carbonyl (C=O) groups excluding carboxylic acids is 1. The first-order valence-electron chi connectivity index (χ1n) is 10.1. The van der Waals surface area contributed by atoms with E-state index in [1.165, 1.54) is 37.4 Å². The van der Waals surface area contributed by atoms with Crippen LogP contribution in [0.15, 0.2) is 24.5 Å². The topological polar surface area (TPSA) is 105 Å². The number of amides is 1. The molecule has 1 spiro atoms. The molecule has 32 heavy (non-hydrogen) atoms. The number of ether oxygens (including phenoxy) is 4. The van der Waals surface area contributed by atoms with Gasteiger partial charge in [0.05, 0.1) is 38.0 Å². The second-order valence-electron chi connectivity index (χ2n) is 7.92. The number of rotatable bonds is 5. The average molecular weight is 455 g/mol. The van der Waals surface area contributed by atoms with Crippen molar-refractivity contribution >= 4 is 22.4 Å². The molecular weight excluding hydrogens is 432 g/mol. The summed E-state index contributed by atoms with van der Waals surface area (Å²) in [6, 6.07) is 6.18. The van der Waals surface area contributed by atoms with Crippen LogP contribution in [0.3, 0.4) is 0 Å². The van der Waals surface area contributed by atoms with Gasteiger partial charge in [-0.25, -0.2) is 15.0 Å². The summed E-state index contributed by atoms with van der Waals surface area (Å²) in [6.45, 7) is 5.17. The summed E-state index contributed by atoms with van der Waals surface area (Å²) in [6.07, 6.45) is 1.27. The number of methoxy groups -OCH3 is 2. The van der Waals surface area contributed by atoms with E-state index in [1.54, 1.807) is 0 Å². The Kier molecular flexibility index (Phi) is 4.98. The Morgan fingerprint density at radius 1 is 1.19 bits per heavy atom. The molecule has 0 aliphatic carbocycles. The molecule has 1 aromatic carbocycles. The highest BCUT2D eigenvalue weighted by Crippen LogP contribution is 2.51. The molecule has 1 saturated heterocycles. The van der Waals surface area contributed by atoms with E-state index in [4.69, 9.17) is 23.9 Å². The lowest BCUT2D eigenvalue weighted by Gasteiger charge is -2.43. The fourth-order valence-electron chi connectivity index (χ4n) is 3.80. The van der Waals surface area contributed by atoms with Crippen molar-refractivity contribution in [3.63, 3.8) is 0 Å². The lowest BCUT2D eigenvalue weighted by Crippen LogP contribution is -2.52. The molecule has 1 fully saturated rings. The van der Waals surface area contributed by atoms with E-state index in [9.17, 15) is 4.79 Å². The van der Waals surface area contributed by atoms with Crippen molar-refractivity contribution < 1.29 is 23.7 Å². The van der Waals surface area contributed by atoms with Crippen LogP contribution in [0.4, 0.5) is 5.13 Å². The Hall–Kier alpha value is -3.24. The molecule has 2 aromatic heterocycles. The molecule has 1 N–H and O–H groups in total. The van der Waals surface area contributed by atoms with E-state index in [0.29, 0.717) is 24.3 Å². The van der Waals surface area contributed by atoms with Crippen molar-refractivity contribution in [1.82, 2.24) is 15.0 Å². The van der Waals surface area contributed by atoms with Gasteiger partial charge in [-0.05, 0) is 23.6 Å². The van der Waals surface area contributed by atoms with Crippen molar-refractivity contribution in [2.24, 2.45) is 0 Å². The number of benzene rings is 1. The smallest absolute Gasteiger partial charge is 0.268 e. The number of nitrogens with one attached hydrogen (secondary N) is 1. The molecule has 5 rings (SSSR count). The first-order chi connectivity index (χ1) is 15.5. The minimum absolute atomic E-state index is 0.102. The second kappa shape index (κ2) is 7.72. The van der Waals surface area contributed by atoms with E-state index in [1.807, 2.05) is 6.07 Å². The van der Waals surface area contributed by atoms with Gasteiger partial charge in [0.15, 0.2) is 16.3 Å². The van der Waals surface area contributed by atoms with Crippen LogP contribution in [0.2, 0.25) is 0 Å². The largest absolute Gasteiger partial charge is 0.480 e. The monoisotopic (exact) mass is 454 g/mol. The van der Waals surface area contributed by atoms with Gasteiger partial charge in [0.25, 0.3) is 5.91 Å². The van der Waals surface area contributed by atoms with Crippen molar-refractivity contribution in [2.75, 3.05) is 32.8 Å². The maximum absolute atomic E-state index is 13.1. The zero-order valence-corrected chi connectivity index (χ0v) is 18.9. The highest BCUT2D eigenvalue weighted by atomic mass is 32.1. The molecule has 3 aromatic rings. The lowest BCUT2D eigenvalue weighted by atomic mass is 9.90. The number of anilines is 1. The Labute approximate surface area is 188 Å². The maximum atomic E-state index is 13.1. The quantitative estimate of drug-likeness (QED) is 0.623. The fraction of sp³-hybridized carbons (Fsp3) is 0.364. The van der Waals surface area contributed by atoms with E-state index in [0.717, 1.165) is 21.9 Å². The van der Waals surface area contributed by atoms with Gasteiger partial charge < -0.3 is 18.9 Å². The van der Waals surface area contributed by atoms with Crippen molar-refractivity contribution in [1.29, 1.82) is 0 Å². The number of nitrogens with zero attached hydrogens (tertiary/aromatic N) is 3. The zero-order chi connectivity index (χ0) is 22.5. The third-order valence-corrected chi connectivity index (χ3v) is 6.71. The summed E-state index contributed by atoms with van der Waals surface area (Å²) in [5, 5.41) is 3.28. The summed E-state index contributed by atoms with van der Waals surface area (Å²) in [4.78, 5) is 26.7. The number of carbonyl (C=O) groups is 1. The molecule has 166 valence electrons. The number of thiazole rings is 1. The highest BCUT2D eigenvalue weighted by Gasteiger charge is 2.50. The Bertz CT molecular complexity index is 1180. The van der Waals surface area contributed by atoms with Crippen LogP contribution in [-0.4, -0.2) is 48.3 Å². The number of aromatic nitrogens is 3. The molecule has 0 unspecified atom stereocenters. The molecule has 10 heteroatoms. The van der Waals surface area contributed by atoms with E-state index in [2.05, 4.69) is 41.3 Å². The SMILES string of the molecule is COc1ncnc(OC)c1C(=O)Nc1nc2c(s1)C1(COC1)Oc1cc(C(C)C)ccc1-2. The number of hydrogen-bond donors (Lipinski definition) is 1. The van der Waals surface area contributed by atoms with Gasteiger partial charge in [-0.1, -0.05) is 31.3 Å². The molecule has 4 heterocycles. The summed E-state index contributed by atoms with van der Waals surface area (Å²) < 4.78 is 22.4. The highest BCUT2D eigenvalue weighted by molar-refractivity contribution is 7.16. The summed E-state index contributed by atoms with van der Waals surface area (Å²) in [7, 11) is 2.86. The average Bonchev–Trinajstić information content (AvgIpc) is 3.20. The first-order valence-corrected chi connectivity index (χ1v) is 10.9. The number of hydrogen-bond acceptors (Lipinski definition) is 9. The third kappa shape index (κ3) is 3.18. The van der Waals surface area contributed by atoms with Gasteiger partial charge in [0, 0.05) is 5.56 Å². The standard InChI is InChI=1S/C22H22N4O5S/c1-11(2)12-5-6-13-14(7-12)31-22(8-30-9-22)17-16(13)25-21(32-17)26-18(27)15-19(28-3)23-10-24-20(15)29-4/h5-7,10-11H,8-9H2,1-4H3,(H,25,26,27). The predicted molar refractivity (Wildman–Crippen MR) is 118 cm³/mol. The molecule has 0 atom stereocenters. The van der Waals surface area contributed by atoms with Crippen LogP contribution in [0.25, 0.3) is 11.3 Å². The van der Waals surface area contributed by atoms with Gasteiger partial charge >= 0.3 is 0 Å². The van der Waals surface area contributed by atoms with E-state index >= 15 is 0 Å². The molecule has 9 nitrogen and oxygen atoms in total. The number of fused-ring (bicyclic) bond motifs is 4. The molecule has 0 saturated carbocycles. The summed E-state index contributed by atoms with van der Waals surface area (Å²) in [5.41, 5.74) is 2.41. The Morgan fingerprint density at radius 3 is 2.50 bits per heavy atom. The van der Waals surface area contributed by atoms with Crippen LogP contribution in [0.1, 0.15) is 40.6 Å². The van der Waals surface area contributed by atoms with Crippen molar-refractivity contribution in [2.45, 2.75) is 25.4 Å². The lowest BCUT2D eigenvalue weighted by molar-refractivity contribution is -0.167. The Balaban J connectivity index is 1.53. The molecule has 2 aliphatic rings. The molecule has 2 aliphatic heterocycles. The third-order valence-electron chi connectivity index (χ3n) is 5.56. The molecule has 0 bridgehead atoms. The van der Waals surface area contributed by atoms with Gasteiger partial charge in [-0.2, -0.15) is 0 Å². The minimum Gasteiger partial charge on any atom is -0.480 e. The van der Waals surface area contributed by atoms with Crippen LogP contribution < -0.4 is 19.5 Å². The van der Waals surface area contributed by atoms with Gasteiger partial charge in [-0.3, -0.25) is 10.1 Å². The molecule has 1 amide bonds. The van der Waals surface area contributed by atoms with Crippen molar-refractivity contribution in [3.8, 4) is 28.8 Å². The zero-order valence-electron chi connectivity index (χ0n) is 18.1. The van der Waals surface area contributed by atoms with Crippen LogP contribution >= 0.6 is 11.3 Å². The summed E-state index contributed by atoms with van der Waals surface area (Å²) in [5.74, 6) is 0.932. The normalized spacial score (nSPS) is 15.4. The predicted octanol–water partition coefficient (Wildman–Crippen LogP) is 3.61. The van der Waals surface area contributed by atoms with E-state index < -0.39 is 11.5 Å². The van der Waals surface area contributed by atoms with Gasteiger partial charge in [0.1, 0.15) is 12.1 Å². The molecule has 0 radical (unpaired) electrons. The minimum atomic E-state index is -0.580. The second-order valence-corrected chi connectivity index (χ2v) is 8.92. The van der Waals surface area contributed by atoms with Gasteiger partial charge in [0.2, 0.25) is 11.8 Å². The Morgan fingerprint density at radius 2 is 1.91 bits per heavy atom. The summed E-state index contributed by atoms with van der Waals surface area (Å²) >= 11 is 1.37. The van der Waals surface area contributed by atoms with Crippen LogP contribution in [0.5, 0.6) is 17.5 Å². The van der Waals surface area contributed by atoms with Crippen LogP contribution in [-0.2, 0) is 10.3 Å². The van der Waals surface area contributed by atoms with Gasteiger partial charge in [-0.15, -0.1) is 0 Å². The van der Waals surface area contributed by atoms with Crippen LogP contribution in [0, 0.1) is 0 Å². The fourth-order valence-corrected chi connectivity index (χ4v) is 4.87. The first kappa shape index (κ1) is 20.7.